The van der Waals surface area contributed by atoms with Gasteiger partial charge in [0.25, 0.3) is 0 Å². The third kappa shape index (κ3) is 3.72. The Morgan fingerprint density at radius 3 is 2.80 bits per heavy atom. The molecule has 0 heterocycles. The molecule has 0 amide bonds. The van der Waals surface area contributed by atoms with E-state index in [0.717, 1.165) is 18.4 Å². The molecule has 0 bridgehead atoms. The first-order chi connectivity index (χ1) is 7.27. The van der Waals surface area contributed by atoms with Crippen molar-refractivity contribution in [3.05, 3.63) is 35.4 Å². The van der Waals surface area contributed by atoms with E-state index in [-0.39, 0.29) is 0 Å². The molecular formula is C12H16O3. The summed E-state index contributed by atoms with van der Waals surface area (Å²) in [5, 5.41) is 0. The summed E-state index contributed by atoms with van der Waals surface area (Å²) >= 11 is 0. The number of carbonyl (C=O) groups excluding carboxylic acids is 1. The Bertz CT molecular complexity index is 320. The van der Waals surface area contributed by atoms with Crippen LogP contribution in [-0.4, -0.2) is 12.6 Å². The molecule has 82 valence electrons. The van der Waals surface area contributed by atoms with Crippen molar-refractivity contribution in [3.8, 4) is 0 Å². The second-order valence-corrected chi connectivity index (χ2v) is 3.25. The average molecular weight is 208 g/mol. The normalized spacial score (nSPS) is 10.0. The van der Waals surface area contributed by atoms with Gasteiger partial charge in [-0.3, -0.25) is 4.89 Å². The van der Waals surface area contributed by atoms with Gasteiger partial charge in [0.1, 0.15) is 0 Å². The molecule has 1 aromatic rings. The Morgan fingerprint density at radius 2 is 2.13 bits per heavy atom. The summed E-state index contributed by atoms with van der Waals surface area (Å²) in [4.78, 5) is 20.8. The fourth-order valence-corrected chi connectivity index (χ4v) is 1.14. The van der Waals surface area contributed by atoms with E-state index in [2.05, 4.69) is 4.89 Å². The van der Waals surface area contributed by atoms with Crippen molar-refractivity contribution in [3.63, 3.8) is 0 Å². The quantitative estimate of drug-likeness (QED) is 0.424. The molecule has 0 radical (unpaired) electrons. The molecule has 0 N–H and O–H groups in total. The van der Waals surface area contributed by atoms with Crippen molar-refractivity contribution >= 4 is 5.97 Å². The first-order valence-corrected chi connectivity index (χ1v) is 5.20. The van der Waals surface area contributed by atoms with Gasteiger partial charge in [-0.15, -0.1) is 0 Å². The van der Waals surface area contributed by atoms with E-state index < -0.39 is 5.97 Å². The van der Waals surface area contributed by atoms with Gasteiger partial charge >= 0.3 is 5.97 Å². The molecule has 0 aliphatic rings. The minimum absolute atomic E-state index is 0.430. The van der Waals surface area contributed by atoms with Crippen LogP contribution >= 0.6 is 0 Å². The summed E-state index contributed by atoms with van der Waals surface area (Å²) in [6, 6.07) is 7.35. The summed E-state index contributed by atoms with van der Waals surface area (Å²) in [7, 11) is 0. The smallest absolute Gasteiger partial charge is 0.293 e. The van der Waals surface area contributed by atoms with E-state index in [1.165, 1.54) is 0 Å². The van der Waals surface area contributed by atoms with Crippen LogP contribution in [0.25, 0.3) is 0 Å². The van der Waals surface area contributed by atoms with Crippen molar-refractivity contribution in [1.29, 1.82) is 0 Å². The van der Waals surface area contributed by atoms with E-state index in [1.54, 1.807) is 6.07 Å². The minimum atomic E-state index is -0.432. The predicted octanol–water partition coefficient (Wildman–Crippen LogP) is 2.75. The van der Waals surface area contributed by atoms with Crippen LogP contribution in [0.2, 0.25) is 0 Å². The first kappa shape index (κ1) is 11.7. The van der Waals surface area contributed by atoms with Crippen LogP contribution in [0.15, 0.2) is 24.3 Å². The highest BCUT2D eigenvalue weighted by molar-refractivity contribution is 5.89. The van der Waals surface area contributed by atoms with Gasteiger partial charge < -0.3 is 0 Å². The van der Waals surface area contributed by atoms with Crippen LogP contribution in [0, 0.1) is 0 Å². The molecule has 0 spiro atoms. The van der Waals surface area contributed by atoms with Crippen molar-refractivity contribution in [2.45, 2.75) is 26.7 Å². The largest absolute Gasteiger partial charge is 0.373 e. The highest BCUT2D eigenvalue weighted by Crippen LogP contribution is 2.07. The van der Waals surface area contributed by atoms with Gasteiger partial charge in [0.2, 0.25) is 0 Å². The number of hydrogen-bond acceptors (Lipinski definition) is 3. The zero-order chi connectivity index (χ0) is 11.1. The molecule has 3 heteroatoms. The number of hydrogen-bond donors (Lipinski definition) is 0. The van der Waals surface area contributed by atoms with Crippen LogP contribution in [0.5, 0.6) is 0 Å². The number of rotatable bonds is 5. The molecule has 15 heavy (non-hydrogen) atoms. The lowest BCUT2D eigenvalue weighted by atomic mass is 10.1. The van der Waals surface area contributed by atoms with Gasteiger partial charge in [-0.25, -0.2) is 4.79 Å². The number of benzene rings is 1. The van der Waals surface area contributed by atoms with E-state index >= 15 is 0 Å². The average Bonchev–Trinajstić information content (AvgIpc) is 2.29. The summed E-state index contributed by atoms with van der Waals surface area (Å²) in [6.45, 7) is 4.42. The molecule has 0 saturated carbocycles. The van der Waals surface area contributed by atoms with Crippen molar-refractivity contribution in [1.82, 2.24) is 0 Å². The van der Waals surface area contributed by atoms with Gasteiger partial charge in [0.05, 0.1) is 12.2 Å². The summed E-state index contributed by atoms with van der Waals surface area (Å²) < 4.78 is 0. The molecule has 0 aliphatic carbocycles. The molecule has 1 rings (SSSR count). The first-order valence-electron chi connectivity index (χ1n) is 5.20. The van der Waals surface area contributed by atoms with E-state index in [1.807, 2.05) is 32.0 Å². The molecular weight excluding hydrogens is 192 g/mol. The van der Waals surface area contributed by atoms with E-state index in [4.69, 9.17) is 4.89 Å². The lowest BCUT2D eigenvalue weighted by molar-refractivity contribution is -0.240. The topological polar surface area (TPSA) is 35.5 Å². The number of carbonyl (C=O) groups is 1. The molecule has 0 unspecified atom stereocenters. The van der Waals surface area contributed by atoms with E-state index in [0.29, 0.717) is 12.2 Å². The molecule has 1 aromatic carbocycles. The molecule has 3 nitrogen and oxygen atoms in total. The molecule has 0 fully saturated rings. The Kier molecular flexibility index (Phi) is 4.84. The van der Waals surface area contributed by atoms with Crippen LogP contribution in [0.1, 0.15) is 36.2 Å². The SMILES string of the molecule is CCCOOC(=O)c1cccc(CC)c1. The van der Waals surface area contributed by atoms with Gasteiger partial charge in [0.15, 0.2) is 0 Å². The second-order valence-electron chi connectivity index (χ2n) is 3.25. The summed E-state index contributed by atoms with van der Waals surface area (Å²) in [6.07, 6.45) is 1.72. The second kappa shape index (κ2) is 6.19. The van der Waals surface area contributed by atoms with Gasteiger partial charge in [0, 0.05) is 0 Å². The molecule has 0 saturated heterocycles. The monoisotopic (exact) mass is 208 g/mol. The van der Waals surface area contributed by atoms with Crippen LogP contribution in [0.4, 0.5) is 0 Å². The Labute approximate surface area is 89.9 Å². The highest BCUT2D eigenvalue weighted by Gasteiger charge is 2.07. The molecule has 0 aliphatic heterocycles. The highest BCUT2D eigenvalue weighted by atomic mass is 17.2. The maximum absolute atomic E-state index is 11.4. The maximum atomic E-state index is 11.4. The lowest BCUT2D eigenvalue weighted by Gasteiger charge is -2.03. The van der Waals surface area contributed by atoms with Gasteiger partial charge in [-0.2, -0.15) is 4.89 Å². The summed E-state index contributed by atoms with van der Waals surface area (Å²) in [5.74, 6) is -0.432. The van der Waals surface area contributed by atoms with Gasteiger partial charge in [-0.05, 0) is 30.5 Å². The van der Waals surface area contributed by atoms with E-state index in [9.17, 15) is 4.79 Å². The zero-order valence-corrected chi connectivity index (χ0v) is 9.16. The lowest BCUT2D eigenvalue weighted by Crippen LogP contribution is -2.06. The summed E-state index contributed by atoms with van der Waals surface area (Å²) in [5.41, 5.74) is 1.64. The fraction of sp³-hybridized carbons (Fsp3) is 0.417. The molecule has 0 aromatic heterocycles. The van der Waals surface area contributed by atoms with Crippen LogP contribution in [-0.2, 0) is 16.2 Å². The zero-order valence-electron chi connectivity index (χ0n) is 9.16. The van der Waals surface area contributed by atoms with Gasteiger partial charge in [-0.1, -0.05) is 26.0 Å². The maximum Gasteiger partial charge on any atom is 0.373 e. The molecule has 0 atom stereocenters. The van der Waals surface area contributed by atoms with Crippen LogP contribution in [0.3, 0.4) is 0 Å². The third-order valence-corrected chi connectivity index (χ3v) is 1.99. The van der Waals surface area contributed by atoms with Crippen molar-refractivity contribution < 1.29 is 14.6 Å². The predicted molar refractivity (Wildman–Crippen MR) is 57.5 cm³/mol. The van der Waals surface area contributed by atoms with Crippen molar-refractivity contribution in [2.24, 2.45) is 0 Å². The van der Waals surface area contributed by atoms with Crippen LogP contribution < -0.4 is 0 Å². The fourth-order valence-electron chi connectivity index (χ4n) is 1.14. The van der Waals surface area contributed by atoms with Crippen molar-refractivity contribution in [2.75, 3.05) is 6.61 Å². The third-order valence-electron chi connectivity index (χ3n) is 1.99. The standard InChI is InChI=1S/C12H16O3/c1-3-8-14-15-12(13)11-7-5-6-10(4-2)9-11/h5-7,9H,3-4,8H2,1-2H3. The Balaban J connectivity index is 2.57. The Hall–Kier alpha value is -1.35. The number of aryl methyl sites for hydroxylation is 1. The minimum Gasteiger partial charge on any atom is -0.293 e. The Morgan fingerprint density at radius 1 is 1.33 bits per heavy atom.